The predicted octanol–water partition coefficient (Wildman–Crippen LogP) is 3.64. The highest BCUT2D eigenvalue weighted by Gasteiger charge is 2.29. The van der Waals surface area contributed by atoms with Gasteiger partial charge in [-0.15, -0.1) is 21.5 Å². The van der Waals surface area contributed by atoms with Crippen molar-refractivity contribution in [1.29, 1.82) is 0 Å². The van der Waals surface area contributed by atoms with E-state index in [1.807, 2.05) is 53.3 Å². The second kappa shape index (κ2) is 9.01. The first kappa shape index (κ1) is 20.6. The summed E-state index contributed by atoms with van der Waals surface area (Å²) in [6.45, 7) is 4.94. The molecule has 0 spiro atoms. The van der Waals surface area contributed by atoms with Crippen molar-refractivity contribution in [1.82, 2.24) is 14.8 Å². The standard InChI is InChI=1S/C21H22N4O3S2/c1-3-24-19(17-9-6-12-29-17)22-23-21(24)30-13-18(26)28-14(2)20(27)25-11-10-15-7-4-5-8-16(15)25/h4-9,12,14H,3,10-11,13H2,1-2H3. The lowest BCUT2D eigenvalue weighted by molar-refractivity contribution is -0.151. The van der Waals surface area contributed by atoms with Crippen LogP contribution in [0.15, 0.2) is 46.9 Å². The number of thiophene rings is 1. The summed E-state index contributed by atoms with van der Waals surface area (Å²) in [5.41, 5.74) is 2.04. The zero-order valence-electron chi connectivity index (χ0n) is 16.8. The molecule has 0 saturated carbocycles. The number of hydrogen-bond acceptors (Lipinski definition) is 7. The van der Waals surface area contributed by atoms with Gasteiger partial charge in [0.2, 0.25) is 0 Å². The van der Waals surface area contributed by atoms with Gasteiger partial charge in [-0.05, 0) is 43.3 Å². The van der Waals surface area contributed by atoms with Gasteiger partial charge < -0.3 is 14.2 Å². The highest BCUT2D eigenvalue weighted by molar-refractivity contribution is 7.99. The second-order valence-corrected chi connectivity index (χ2v) is 8.71. The van der Waals surface area contributed by atoms with Crippen molar-refractivity contribution in [2.45, 2.75) is 38.1 Å². The van der Waals surface area contributed by atoms with Gasteiger partial charge in [-0.2, -0.15) is 0 Å². The smallest absolute Gasteiger partial charge is 0.317 e. The van der Waals surface area contributed by atoms with Gasteiger partial charge in [-0.25, -0.2) is 0 Å². The molecule has 1 atom stereocenters. The topological polar surface area (TPSA) is 77.3 Å². The number of carbonyl (C=O) groups excluding carboxylic acids is 2. The molecular formula is C21H22N4O3S2. The number of ether oxygens (including phenoxy) is 1. The van der Waals surface area contributed by atoms with E-state index in [1.165, 1.54) is 11.8 Å². The van der Waals surface area contributed by atoms with Crippen LogP contribution in [0.5, 0.6) is 0 Å². The van der Waals surface area contributed by atoms with Crippen molar-refractivity contribution in [2.75, 3.05) is 17.2 Å². The maximum Gasteiger partial charge on any atom is 0.317 e. The molecule has 1 aliphatic rings. The summed E-state index contributed by atoms with van der Waals surface area (Å²) in [5, 5.41) is 11.1. The van der Waals surface area contributed by atoms with Crippen LogP contribution in [0.3, 0.4) is 0 Å². The number of anilines is 1. The third-order valence-electron chi connectivity index (χ3n) is 4.90. The van der Waals surface area contributed by atoms with Crippen LogP contribution >= 0.6 is 23.1 Å². The fourth-order valence-electron chi connectivity index (χ4n) is 3.46. The van der Waals surface area contributed by atoms with Crippen molar-refractivity contribution in [3.63, 3.8) is 0 Å². The van der Waals surface area contributed by atoms with E-state index in [9.17, 15) is 9.59 Å². The minimum absolute atomic E-state index is 0.0663. The molecule has 0 N–H and O–H groups in total. The van der Waals surface area contributed by atoms with E-state index in [0.717, 1.165) is 28.4 Å². The average molecular weight is 443 g/mol. The molecule has 1 aromatic carbocycles. The molecule has 9 heteroatoms. The molecular weight excluding hydrogens is 420 g/mol. The third-order valence-corrected chi connectivity index (χ3v) is 6.71. The van der Waals surface area contributed by atoms with Crippen LogP contribution < -0.4 is 4.90 Å². The molecule has 0 radical (unpaired) electrons. The maximum absolute atomic E-state index is 12.8. The Kier molecular flexibility index (Phi) is 6.19. The Balaban J connectivity index is 1.35. The van der Waals surface area contributed by atoms with Crippen LogP contribution in [-0.2, 0) is 27.3 Å². The van der Waals surface area contributed by atoms with E-state index in [1.54, 1.807) is 23.2 Å². The van der Waals surface area contributed by atoms with Crippen LogP contribution in [0.1, 0.15) is 19.4 Å². The van der Waals surface area contributed by atoms with E-state index < -0.39 is 12.1 Å². The lowest BCUT2D eigenvalue weighted by Gasteiger charge is -2.21. The lowest BCUT2D eigenvalue weighted by Crippen LogP contribution is -2.39. The molecule has 7 nitrogen and oxygen atoms in total. The zero-order valence-corrected chi connectivity index (χ0v) is 18.4. The summed E-state index contributed by atoms with van der Waals surface area (Å²) in [7, 11) is 0. The summed E-state index contributed by atoms with van der Waals surface area (Å²) in [4.78, 5) is 27.9. The Bertz CT molecular complexity index is 1050. The first-order valence-electron chi connectivity index (χ1n) is 9.77. The summed E-state index contributed by atoms with van der Waals surface area (Å²) in [6, 6.07) is 11.8. The molecule has 0 fully saturated rings. The van der Waals surface area contributed by atoms with Gasteiger partial charge >= 0.3 is 5.97 Å². The number of aromatic nitrogens is 3. The van der Waals surface area contributed by atoms with E-state index in [2.05, 4.69) is 10.2 Å². The molecule has 4 rings (SSSR count). The van der Waals surface area contributed by atoms with E-state index in [0.29, 0.717) is 18.2 Å². The molecule has 3 heterocycles. The number of amides is 1. The van der Waals surface area contributed by atoms with Gasteiger partial charge in [-0.3, -0.25) is 9.59 Å². The summed E-state index contributed by atoms with van der Waals surface area (Å²) in [6.07, 6.45) is -0.0208. The van der Waals surface area contributed by atoms with Crippen LogP contribution in [0.25, 0.3) is 10.7 Å². The SMILES string of the molecule is CCn1c(SCC(=O)OC(C)C(=O)N2CCc3ccccc32)nnc1-c1cccs1. The minimum Gasteiger partial charge on any atom is -0.452 e. The van der Waals surface area contributed by atoms with Crippen LogP contribution in [0.2, 0.25) is 0 Å². The molecule has 30 heavy (non-hydrogen) atoms. The van der Waals surface area contributed by atoms with Crippen molar-refractivity contribution >= 4 is 40.7 Å². The Morgan fingerprint density at radius 1 is 1.23 bits per heavy atom. The van der Waals surface area contributed by atoms with Crippen LogP contribution in [-0.4, -0.2) is 45.0 Å². The number of fused-ring (bicyclic) bond motifs is 1. The van der Waals surface area contributed by atoms with Gasteiger partial charge in [-0.1, -0.05) is 36.0 Å². The molecule has 0 bridgehead atoms. The van der Waals surface area contributed by atoms with Gasteiger partial charge in [0, 0.05) is 18.8 Å². The minimum atomic E-state index is -0.838. The molecule has 1 unspecified atom stereocenters. The number of carbonyl (C=O) groups is 2. The van der Waals surface area contributed by atoms with Crippen LogP contribution in [0, 0.1) is 0 Å². The predicted molar refractivity (Wildman–Crippen MR) is 118 cm³/mol. The zero-order chi connectivity index (χ0) is 21.1. The quantitative estimate of drug-likeness (QED) is 0.411. The molecule has 156 valence electrons. The number of nitrogens with zero attached hydrogens (tertiary/aromatic N) is 4. The Hall–Kier alpha value is -2.65. The number of rotatable bonds is 7. The Morgan fingerprint density at radius 3 is 2.83 bits per heavy atom. The Labute approximate surface area is 183 Å². The molecule has 1 amide bonds. The van der Waals surface area contributed by atoms with Crippen molar-refractivity contribution in [3.8, 4) is 10.7 Å². The first-order chi connectivity index (χ1) is 14.6. The first-order valence-corrected chi connectivity index (χ1v) is 11.6. The molecule has 0 aliphatic carbocycles. The largest absolute Gasteiger partial charge is 0.452 e. The second-order valence-electron chi connectivity index (χ2n) is 6.82. The molecule has 1 aliphatic heterocycles. The van der Waals surface area contributed by atoms with E-state index in [4.69, 9.17) is 4.74 Å². The van der Waals surface area contributed by atoms with Gasteiger partial charge in [0.15, 0.2) is 17.1 Å². The number of para-hydroxylation sites is 1. The number of benzene rings is 1. The van der Waals surface area contributed by atoms with Gasteiger partial charge in [0.1, 0.15) is 0 Å². The summed E-state index contributed by atoms with van der Waals surface area (Å²) in [5.74, 6) is 0.211. The van der Waals surface area contributed by atoms with Crippen molar-refractivity contribution in [3.05, 3.63) is 47.3 Å². The van der Waals surface area contributed by atoms with E-state index >= 15 is 0 Å². The van der Waals surface area contributed by atoms with Crippen molar-refractivity contribution in [2.24, 2.45) is 0 Å². The lowest BCUT2D eigenvalue weighted by atomic mass is 10.2. The highest BCUT2D eigenvalue weighted by Crippen LogP contribution is 2.29. The normalized spacial score (nSPS) is 13.9. The number of hydrogen-bond donors (Lipinski definition) is 0. The number of esters is 1. The Morgan fingerprint density at radius 2 is 2.07 bits per heavy atom. The average Bonchev–Trinajstić information content (AvgIpc) is 3.50. The fraction of sp³-hybridized carbons (Fsp3) is 0.333. The fourth-order valence-corrected chi connectivity index (χ4v) is 4.96. The van der Waals surface area contributed by atoms with Crippen molar-refractivity contribution < 1.29 is 14.3 Å². The van der Waals surface area contributed by atoms with E-state index in [-0.39, 0.29) is 11.7 Å². The molecule has 3 aromatic rings. The highest BCUT2D eigenvalue weighted by atomic mass is 32.2. The third kappa shape index (κ3) is 4.13. The maximum atomic E-state index is 12.8. The molecule has 2 aromatic heterocycles. The monoisotopic (exact) mass is 442 g/mol. The van der Waals surface area contributed by atoms with Gasteiger partial charge in [0.25, 0.3) is 5.91 Å². The van der Waals surface area contributed by atoms with Crippen LogP contribution in [0.4, 0.5) is 5.69 Å². The number of thioether (sulfide) groups is 1. The summed E-state index contributed by atoms with van der Waals surface area (Å²) < 4.78 is 7.38. The van der Waals surface area contributed by atoms with Gasteiger partial charge in [0.05, 0.1) is 10.6 Å². The molecule has 0 saturated heterocycles. The summed E-state index contributed by atoms with van der Waals surface area (Å²) >= 11 is 2.86.